The molecule has 2 atom stereocenters. The number of aromatic nitrogens is 1. The van der Waals surface area contributed by atoms with Crippen molar-refractivity contribution < 1.29 is 34.2 Å². The molecule has 1 aromatic rings. The number of carbonyl (C=O) groups is 4. The number of anilines is 1. The second-order valence-corrected chi connectivity index (χ2v) is 8.09. The fourth-order valence-electron chi connectivity index (χ4n) is 2.91. The number of allylic oxidation sites excluding steroid dienone is 1. The quantitative estimate of drug-likeness (QED) is 0.147. The predicted molar refractivity (Wildman–Crippen MR) is 109 cm³/mol. The lowest BCUT2D eigenvalue weighted by Gasteiger charge is -2.49. The number of nitrogens with one attached hydrogen (secondary N) is 1. The van der Waals surface area contributed by atoms with Crippen LogP contribution in [0.2, 0.25) is 0 Å². The Kier molecular flexibility index (Phi) is 6.45. The molecule has 0 aromatic carbocycles. The van der Waals surface area contributed by atoms with E-state index in [4.69, 9.17) is 16.7 Å². The van der Waals surface area contributed by atoms with Crippen molar-refractivity contribution in [1.29, 1.82) is 0 Å². The first-order chi connectivity index (χ1) is 14.7. The standard InChI is InChI=1S/C16H16N6O7S2/c17-15-19-7(5-31-15)8(21-28)11(23)20-9-12(24)22-10(14(25)26)6(4-30-13(9)22)2-1-3-29-16(18)27/h1-2,5,9,13,28H,3-4H2,(H2,17,19)(H2,18,27)(H,20,23)(H,25,26)/b2-1-,21-8+/t9-,13-/m1/s1. The summed E-state index contributed by atoms with van der Waals surface area (Å²) in [5.41, 5.74) is 10.1. The van der Waals surface area contributed by atoms with Crippen molar-refractivity contribution in [2.24, 2.45) is 10.9 Å². The highest BCUT2D eigenvalue weighted by Crippen LogP contribution is 2.40. The highest BCUT2D eigenvalue weighted by molar-refractivity contribution is 8.00. The number of ether oxygens (including phenoxy) is 1. The molecule has 2 aliphatic heterocycles. The number of thioether (sulfide) groups is 1. The third kappa shape index (κ3) is 4.46. The molecule has 0 radical (unpaired) electrons. The van der Waals surface area contributed by atoms with Crippen LogP contribution in [0.4, 0.5) is 9.93 Å². The summed E-state index contributed by atoms with van der Waals surface area (Å²) in [4.78, 5) is 52.3. The van der Waals surface area contributed by atoms with E-state index < -0.39 is 41.0 Å². The Bertz CT molecular complexity index is 1030. The van der Waals surface area contributed by atoms with Gasteiger partial charge < -0.3 is 31.8 Å². The van der Waals surface area contributed by atoms with E-state index in [1.807, 2.05) is 0 Å². The maximum Gasteiger partial charge on any atom is 0.404 e. The Morgan fingerprint density at radius 3 is 2.77 bits per heavy atom. The van der Waals surface area contributed by atoms with E-state index in [1.165, 1.54) is 29.3 Å². The molecule has 3 rings (SSSR count). The van der Waals surface area contributed by atoms with E-state index >= 15 is 0 Å². The number of hydrogen-bond acceptors (Lipinski definition) is 11. The smallest absolute Gasteiger partial charge is 0.404 e. The Morgan fingerprint density at radius 1 is 1.45 bits per heavy atom. The summed E-state index contributed by atoms with van der Waals surface area (Å²) in [5, 5.41) is 25.0. The molecule has 3 heterocycles. The average Bonchev–Trinajstić information content (AvgIpc) is 3.14. The van der Waals surface area contributed by atoms with Crippen molar-refractivity contribution in [2.75, 3.05) is 18.1 Å². The fourth-order valence-corrected chi connectivity index (χ4v) is 4.78. The van der Waals surface area contributed by atoms with Crippen molar-refractivity contribution in [3.8, 4) is 0 Å². The molecular formula is C16H16N6O7S2. The van der Waals surface area contributed by atoms with Gasteiger partial charge in [0.15, 0.2) is 10.8 Å². The zero-order chi connectivity index (χ0) is 22.7. The van der Waals surface area contributed by atoms with E-state index in [-0.39, 0.29) is 28.9 Å². The van der Waals surface area contributed by atoms with Gasteiger partial charge in [0, 0.05) is 11.1 Å². The van der Waals surface area contributed by atoms with Gasteiger partial charge in [-0.25, -0.2) is 14.6 Å². The van der Waals surface area contributed by atoms with Crippen LogP contribution in [0.5, 0.6) is 0 Å². The molecule has 0 bridgehead atoms. The summed E-state index contributed by atoms with van der Waals surface area (Å²) in [6.45, 7) is -0.156. The molecule has 1 saturated heterocycles. The molecule has 3 amide bonds. The van der Waals surface area contributed by atoms with Crippen LogP contribution in [0.3, 0.4) is 0 Å². The Labute approximate surface area is 182 Å². The number of β-lactam (4-membered cyclic amide) rings is 1. The number of oxime groups is 1. The predicted octanol–water partition coefficient (Wildman–Crippen LogP) is -0.706. The fraction of sp³-hybridized carbons (Fsp3) is 0.250. The molecule has 31 heavy (non-hydrogen) atoms. The van der Waals surface area contributed by atoms with Crippen LogP contribution in [0.25, 0.3) is 0 Å². The van der Waals surface area contributed by atoms with Gasteiger partial charge in [-0.3, -0.25) is 14.5 Å². The number of fused-ring (bicyclic) bond motifs is 1. The van der Waals surface area contributed by atoms with E-state index in [1.54, 1.807) is 0 Å². The van der Waals surface area contributed by atoms with Crippen molar-refractivity contribution in [2.45, 2.75) is 11.4 Å². The van der Waals surface area contributed by atoms with E-state index in [0.29, 0.717) is 5.57 Å². The van der Waals surface area contributed by atoms with Gasteiger partial charge >= 0.3 is 12.1 Å². The average molecular weight is 468 g/mol. The Morgan fingerprint density at radius 2 is 2.19 bits per heavy atom. The van der Waals surface area contributed by atoms with Gasteiger partial charge in [0.05, 0.1) is 0 Å². The summed E-state index contributed by atoms with van der Waals surface area (Å²) >= 11 is 2.27. The minimum Gasteiger partial charge on any atom is -0.477 e. The molecule has 0 aliphatic carbocycles. The minimum absolute atomic E-state index is 0.0409. The first-order valence-electron chi connectivity index (χ1n) is 8.48. The van der Waals surface area contributed by atoms with Crippen LogP contribution < -0.4 is 16.8 Å². The number of rotatable bonds is 7. The zero-order valence-electron chi connectivity index (χ0n) is 15.5. The van der Waals surface area contributed by atoms with Crippen LogP contribution in [0.15, 0.2) is 34.0 Å². The number of primary amides is 1. The second-order valence-electron chi connectivity index (χ2n) is 6.09. The van der Waals surface area contributed by atoms with Gasteiger partial charge in [-0.2, -0.15) is 0 Å². The number of nitrogens with two attached hydrogens (primary N) is 2. The number of thiazole rings is 1. The first kappa shape index (κ1) is 22.1. The van der Waals surface area contributed by atoms with Crippen LogP contribution in [-0.2, 0) is 19.1 Å². The SMILES string of the molecule is NC(=O)OC/C=C\C1=C(C(=O)O)N2C(=O)[C@@H](NC(=O)/C(=N/O)c3csc(N)n3)[C@H]2SC1. The number of carboxylic acid groups (broad SMARTS) is 1. The molecule has 1 aromatic heterocycles. The zero-order valence-corrected chi connectivity index (χ0v) is 17.2. The topological polar surface area (TPSA) is 211 Å². The third-order valence-electron chi connectivity index (χ3n) is 4.21. The molecule has 7 N–H and O–H groups in total. The normalized spacial score (nSPS) is 21.0. The summed E-state index contributed by atoms with van der Waals surface area (Å²) < 4.78 is 4.55. The van der Waals surface area contributed by atoms with Crippen LogP contribution in [0.1, 0.15) is 5.69 Å². The highest BCUT2D eigenvalue weighted by Gasteiger charge is 2.54. The van der Waals surface area contributed by atoms with Gasteiger partial charge in [-0.15, -0.1) is 23.1 Å². The van der Waals surface area contributed by atoms with E-state index in [2.05, 4.69) is 20.2 Å². The van der Waals surface area contributed by atoms with Gasteiger partial charge in [0.2, 0.25) is 0 Å². The van der Waals surface area contributed by atoms with Crippen molar-refractivity contribution >= 4 is 57.8 Å². The number of nitrogens with zero attached hydrogens (tertiary/aromatic N) is 3. The van der Waals surface area contributed by atoms with Crippen LogP contribution >= 0.6 is 23.1 Å². The van der Waals surface area contributed by atoms with Gasteiger partial charge in [-0.05, 0) is 11.6 Å². The molecule has 0 spiro atoms. The summed E-state index contributed by atoms with van der Waals surface area (Å²) in [7, 11) is 0. The summed E-state index contributed by atoms with van der Waals surface area (Å²) in [6, 6.07) is -1.02. The number of amides is 3. The molecule has 0 saturated carbocycles. The maximum atomic E-state index is 12.6. The van der Waals surface area contributed by atoms with Gasteiger partial charge in [0.25, 0.3) is 11.8 Å². The number of aliphatic carboxylic acids is 1. The van der Waals surface area contributed by atoms with Crippen molar-refractivity contribution in [3.63, 3.8) is 0 Å². The first-order valence-corrected chi connectivity index (χ1v) is 10.4. The molecule has 2 aliphatic rings. The molecular weight excluding hydrogens is 452 g/mol. The number of nitrogen functional groups attached to an aromatic ring is 1. The van der Waals surface area contributed by atoms with Gasteiger partial charge in [0.1, 0.15) is 29.4 Å². The number of hydrogen-bond donors (Lipinski definition) is 5. The van der Waals surface area contributed by atoms with Crippen molar-refractivity contribution in [1.82, 2.24) is 15.2 Å². The second kappa shape index (κ2) is 9.05. The van der Waals surface area contributed by atoms with E-state index in [9.17, 15) is 24.3 Å². The molecule has 1 fully saturated rings. The lowest BCUT2D eigenvalue weighted by Crippen LogP contribution is -2.71. The molecule has 13 nitrogen and oxygen atoms in total. The van der Waals surface area contributed by atoms with Crippen LogP contribution in [0, 0.1) is 0 Å². The van der Waals surface area contributed by atoms with Gasteiger partial charge in [-0.1, -0.05) is 11.2 Å². The molecule has 15 heteroatoms. The number of carboxylic acids is 1. The summed E-state index contributed by atoms with van der Waals surface area (Å²) in [5.74, 6) is -2.60. The largest absolute Gasteiger partial charge is 0.477 e. The lowest BCUT2D eigenvalue weighted by atomic mass is 10.0. The monoisotopic (exact) mass is 468 g/mol. The molecule has 0 unspecified atom stereocenters. The van der Waals surface area contributed by atoms with E-state index in [0.717, 1.165) is 16.2 Å². The van der Waals surface area contributed by atoms with Crippen LogP contribution in [-0.4, -0.2) is 73.6 Å². The molecule has 164 valence electrons. The maximum absolute atomic E-state index is 12.6. The Hall–Kier alpha value is -3.59. The third-order valence-corrected chi connectivity index (χ3v) is 6.18. The Balaban J connectivity index is 1.74. The minimum atomic E-state index is -1.32. The highest BCUT2D eigenvalue weighted by atomic mass is 32.2. The van der Waals surface area contributed by atoms with Crippen molar-refractivity contribution in [3.05, 3.63) is 34.5 Å². The summed E-state index contributed by atoms with van der Waals surface area (Å²) in [6.07, 6.45) is 1.85. The number of carbonyl (C=O) groups excluding carboxylic acids is 3. The lowest BCUT2D eigenvalue weighted by molar-refractivity contribution is -0.150.